The second-order valence-corrected chi connectivity index (χ2v) is 7.21. The molecule has 0 aliphatic carbocycles. The number of amides is 1. The molecule has 0 fully saturated rings. The minimum atomic E-state index is -0.478. The number of nitrogens with zero attached hydrogens (tertiary/aromatic N) is 1. The molecule has 2 aromatic rings. The Morgan fingerprint density at radius 1 is 0.844 bits per heavy atom. The molecule has 168 valence electrons. The van der Waals surface area contributed by atoms with E-state index in [0.717, 1.165) is 11.1 Å². The first kappa shape index (κ1) is 22.9. The number of hydrogen-bond acceptors (Lipinski definition) is 7. The molecule has 0 bridgehead atoms. The molecule has 1 aliphatic rings. The molecular formula is C24H25NO7. The van der Waals surface area contributed by atoms with Gasteiger partial charge in [-0.25, -0.2) is 0 Å². The van der Waals surface area contributed by atoms with Gasteiger partial charge in [-0.05, 0) is 47.9 Å². The first-order valence-electron chi connectivity index (χ1n) is 9.99. The van der Waals surface area contributed by atoms with Gasteiger partial charge in [0, 0.05) is 32.9 Å². The fraction of sp³-hybridized carbons (Fsp3) is 0.292. The lowest BCUT2D eigenvalue weighted by Gasteiger charge is -2.31. The van der Waals surface area contributed by atoms with E-state index in [-0.39, 0.29) is 17.4 Å². The van der Waals surface area contributed by atoms with Crippen LogP contribution in [0.4, 0.5) is 0 Å². The highest BCUT2D eigenvalue weighted by Crippen LogP contribution is 2.39. The van der Waals surface area contributed by atoms with Crippen LogP contribution in [0.25, 0.3) is 11.8 Å². The molecule has 1 heterocycles. The number of esters is 2. The zero-order chi connectivity index (χ0) is 23.4. The summed E-state index contributed by atoms with van der Waals surface area (Å²) in [6.07, 6.45) is 2.43. The van der Waals surface area contributed by atoms with Crippen molar-refractivity contribution in [2.45, 2.75) is 27.2 Å². The molecule has 0 aromatic heterocycles. The first-order valence-corrected chi connectivity index (χ1v) is 9.99. The zero-order valence-electron chi connectivity index (χ0n) is 18.7. The van der Waals surface area contributed by atoms with Gasteiger partial charge in [-0.15, -0.1) is 0 Å². The van der Waals surface area contributed by atoms with Crippen molar-refractivity contribution in [1.29, 1.82) is 0 Å². The van der Waals surface area contributed by atoms with Gasteiger partial charge in [-0.1, -0.05) is 6.07 Å². The number of methoxy groups -OCH3 is 2. The molecule has 0 N–H and O–H groups in total. The highest BCUT2D eigenvalue weighted by molar-refractivity contribution is 5.94. The summed E-state index contributed by atoms with van der Waals surface area (Å²) in [5, 5.41) is 0. The molecule has 0 saturated heterocycles. The van der Waals surface area contributed by atoms with Crippen LogP contribution in [0.15, 0.2) is 30.3 Å². The summed E-state index contributed by atoms with van der Waals surface area (Å²) in [5.74, 6) is 0.322. The van der Waals surface area contributed by atoms with Crippen LogP contribution in [0.5, 0.6) is 23.0 Å². The van der Waals surface area contributed by atoms with E-state index in [1.807, 2.05) is 12.1 Å². The number of fused-ring (bicyclic) bond motifs is 1. The number of benzene rings is 2. The summed E-state index contributed by atoms with van der Waals surface area (Å²) in [7, 11) is 2.99. The number of ether oxygens (including phenoxy) is 4. The molecule has 0 saturated carbocycles. The van der Waals surface area contributed by atoms with Gasteiger partial charge in [0.05, 0.1) is 19.9 Å². The molecule has 3 rings (SSSR count). The van der Waals surface area contributed by atoms with Crippen molar-refractivity contribution in [3.8, 4) is 23.0 Å². The SMILES string of the molecule is COc1ccc(/C=C2/c3cc(OC(C)=O)c(OC)cc3CCN2C(C)=O)cc1OC(C)=O. The standard InChI is InChI=1S/C24H25NO7/c1-14(26)25-9-8-18-12-22(30-5)24(32-16(3)28)13-19(18)20(25)10-17-6-7-21(29-4)23(11-17)31-15(2)27/h6-7,10-13H,8-9H2,1-5H3/b20-10-. The monoisotopic (exact) mass is 439 g/mol. The minimum absolute atomic E-state index is 0.125. The van der Waals surface area contributed by atoms with Gasteiger partial charge in [0.1, 0.15) is 0 Å². The number of carbonyl (C=O) groups is 3. The Labute approximate surface area is 186 Å². The average Bonchev–Trinajstić information content (AvgIpc) is 2.72. The second-order valence-electron chi connectivity index (χ2n) is 7.21. The Balaban J connectivity index is 2.17. The third-order valence-electron chi connectivity index (χ3n) is 4.94. The third kappa shape index (κ3) is 4.91. The van der Waals surface area contributed by atoms with E-state index >= 15 is 0 Å². The van der Waals surface area contributed by atoms with Crippen molar-refractivity contribution < 1.29 is 33.3 Å². The molecule has 8 heteroatoms. The maximum Gasteiger partial charge on any atom is 0.308 e. The highest BCUT2D eigenvalue weighted by atomic mass is 16.6. The number of hydrogen-bond donors (Lipinski definition) is 0. The van der Waals surface area contributed by atoms with Crippen LogP contribution >= 0.6 is 0 Å². The molecule has 0 atom stereocenters. The number of rotatable bonds is 5. The lowest BCUT2D eigenvalue weighted by molar-refractivity contribution is -0.132. The van der Waals surface area contributed by atoms with Crippen molar-refractivity contribution in [1.82, 2.24) is 4.90 Å². The molecule has 0 unspecified atom stereocenters. The van der Waals surface area contributed by atoms with E-state index < -0.39 is 11.9 Å². The Morgan fingerprint density at radius 2 is 1.47 bits per heavy atom. The van der Waals surface area contributed by atoms with Crippen LogP contribution in [0.1, 0.15) is 37.5 Å². The van der Waals surface area contributed by atoms with Crippen molar-refractivity contribution in [3.05, 3.63) is 47.0 Å². The fourth-order valence-corrected chi connectivity index (χ4v) is 3.60. The maximum absolute atomic E-state index is 12.4. The van der Waals surface area contributed by atoms with E-state index in [9.17, 15) is 14.4 Å². The second kappa shape index (κ2) is 9.55. The van der Waals surface area contributed by atoms with Crippen LogP contribution in [0.3, 0.4) is 0 Å². The molecule has 0 radical (unpaired) electrons. The summed E-state index contributed by atoms with van der Waals surface area (Å²) in [6.45, 7) is 4.60. The van der Waals surface area contributed by atoms with Gasteiger partial charge < -0.3 is 23.8 Å². The van der Waals surface area contributed by atoms with E-state index in [1.165, 1.54) is 35.0 Å². The molecule has 2 aromatic carbocycles. The normalized spacial score (nSPS) is 13.9. The molecule has 0 spiro atoms. The summed E-state index contributed by atoms with van der Waals surface area (Å²) < 4.78 is 21.2. The summed E-state index contributed by atoms with van der Waals surface area (Å²) >= 11 is 0. The van der Waals surface area contributed by atoms with Crippen molar-refractivity contribution in [2.24, 2.45) is 0 Å². The quantitative estimate of drug-likeness (QED) is 0.520. The third-order valence-corrected chi connectivity index (χ3v) is 4.94. The van der Waals surface area contributed by atoms with Crippen LogP contribution in [-0.2, 0) is 20.8 Å². The number of carbonyl (C=O) groups excluding carboxylic acids is 3. The predicted octanol–water partition coefficient (Wildman–Crippen LogP) is 3.46. The molecule has 32 heavy (non-hydrogen) atoms. The fourth-order valence-electron chi connectivity index (χ4n) is 3.60. The smallest absolute Gasteiger partial charge is 0.308 e. The first-order chi connectivity index (χ1) is 15.2. The Morgan fingerprint density at radius 3 is 2.03 bits per heavy atom. The average molecular weight is 439 g/mol. The van der Waals surface area contributed by atoms with E-state index in [0.29, 0.717) is 35.7 Å². The van der Waals surface area contributed by atoms with Crippen molar-refractivity contribution >= 4 is 29.6 Å². The largest absolute Gasteiger partial charge is 0.493 e. The van der Waals surface area contributed by atoms with E-state index in [1.54, 1.807) is 29.2 Å². The lowest BCUT2D eigenvalue weighted by atomic mass is 9.94. The van der Waals surface area contributed by atoms with Crippen molar-refractivity contribution in [3.63, 3.8) is 0 Å². The van der Waals surface area contributed by atoms with Gasteiger partial charge in [0.2, 0.25) is 5.91 Å². The Hall–Kier alpha value is -3.81. The van der Waals surface area contributed by atoms with Crippen molar-refractivity contribution in [2.75, 3.05) is 20.8 Å². The van der Waals surface area contributed by atoms with Gasteiger partial charge in [0.25, 0.3) is 0 Å². The van der Waals surface area contributed by atoms with Crippen LogP contribution in [0, 0.1) is 0 Å². The Bertz CT molecular complexity index is 1100. The topological polar surface area (TPSA) is 91.4 Å². The van der Waals surface area contributed by atoms with Crippen LogP contribution in [0.2, 0.25) is 0 Å². The van der Waals surface area contributed by atoms with E-state index in [4.69, 9.17) is 18.9 Å². The summed E-state index contributed by atoms with van der Waals surface area (Å²) in [4.78, 5) is 37.1. The van der Waals surface area contributed by atoms with Gasteiger partial charge in [0.15, 0.2) is 23.0 Å². The van der Waals surface area contributed by atoms with Gasteiger partial charge >= 0.3 is 11.9 Å². The zero-order valence-corrected chi connectivity index (χ0v) is 18.7. The van der Waals surface area contributed by atoms with E-state index in [2.05, 4.69) is 0 Å². The lowest BCUT2D eigenvalue weighted by Crippen LogP contribution is -2.33. The molecule has 1 amide bonds. The van der Waals surface area contributed by atoms with Gasteiger partial charge in [-0.2, -0.15) is 0 Å². The summed E-state index contributed by atoms with van der Waals surface area (Å²) in [6, 6.07) is 8.66. The molecule has 8 nitrogen and oxygen atoms in total. The highest BCUT2D eigenvalue weighted by Gasteiger charge is 2.26. The van der Waals surface area contributed by atoms with Crippen LogP contribution < -0.4 is 18.9 Å². The summed E-state index contributed by atoms with van der Waals surface area (Å²) in [5.41, 5.74) is 3.03. The van der Waals surface area contributed by atoms with Gasteiger partial charge in [-0.3, -0.25) is 14.4 Å². The minimum Gasteiger partial charge on any atom is -0.493 e. The molecule has 1 aliphatic heterocycles. The predicted molar refractivity (Wildman–Crippen MR) is 118 cm³/mol. The Kier molecular flexibility index (Phi) is 6.82. The van der Waals surface area contributed by atoms with Crippen LogP contribution in [-0.4, -0.2) is 43.5 Å². The maximum atomic E-state index is 12.4. The molecular weight excluding hydrogens is 414 g/mol.